The first-order valence-electron chi connectivity index (χ1n) is 5.83. The maximum Gasteiger partial charge on any atom is 0.306 e. The third-order valence-corrected chi connectivity index (χ3v) is 3.24. The van der Waals surface area contributed by atoms with Gasteiger partial charge < -0.3 is 5.11 Å². The lowest BCUT2D eigenvalue weighted by molar-refractivity contribution is -0.142. The van der Waals surface area contributed by atoms with Crippen molar-refractivity contribution in [3.63, 3.8) is 0 Å². The molecule has 0 amide bonds. The minimum absolute atomic E-state index is 0.222. The zero-order chi connectivity index (χ0) is 12.3. The topological polar surface area (TPSA) is 37.3 Å². The number of carboxylic acids is 1. The molecule has 1 fully saturated rings. The summed E-state index contributed by atoms with van der Waals surface area (Å²) in [6, 6.07) is 6.65. The zero-order valence-corrected chi connectivity index (χ0v) is 9.53. The maximum atomic E-state index is 13.4. The number of rotatable bonds is 2. The highest BCUT2D eigenvalue weighted by Crippen LogP contribution is 2.30. The van der Waals surface area contributed by atoms with Crippen LogP contribution in [0.3, 0.4) is 0 Å². The van der Waals surface area contributed by atoms with Gasteiger partial charge in [0.1, 0.15) is 5.82 Å². The van der Waals surface area contributed by atoms with Gasteiger partial charge in [-0.15, -0.1) is 0 Å². The molecule has 2 rings (SSSR count). The monoisotopic (exact) mass is 234 g/mol. The van der Waals surface area contributed by atoms with Gasteiger partial charge in [0.15, 0.2) is 0 Å². The molecule has 90 valence electrons. The quantitative estimate of drug-likeness (QED) is 0.850. The van der Waals surface area contributed by atoms with Crippen LogP contribution in [-0.2, 0) is 4.79 Å². The fraction of sp³-hybridized carbons (Fsp3) is 0.357. The largest absolute Gasteiger partial charge is 0.481 e. The van der Waals surface area contributed by atoms with Crippen molar-refractivity contribution in [3.8, 4) is 0 Å². The maximum absolute atomic E-state index is 13.4. The number of halogens is 1. The number of allylic oxidation sites excluding steroid dienone is 1. The Morgan fingerprint density at radius 3 is 2.53 bits per heavy atom. The van der Waals surface area contributed by atoms with Crippen molar-refractivity contribution in [1.82, 2.24) is 0 Å². The average molecular weight is 234 g/mol. The summed E-state index contributed by atoms with van der Waals surface area (Å²) in [7, 11) is 0. The van der Waals surface area contributed by atoms with E-state index in [2.05, 4.69) is 0 Å². The Morgan fingerprint density at radius 2 is 1.94 bits per heavy atom. The predicted octanol–water partition coefficient (Wildman–Crippen LogP) is 3.48. The first kappa shape index (κ1) is 11.8. The summed E-state index contributed by atoms with van der Waals surface area (Å²) in [6.45, 7) is 0. The van der Waals surface area contributed by atoms with Crippen LogP contribution in [0.15, 0.2) is 29.8 Å². The van der Waals surface area contributed by atoms with E-state index in [9.17, 15) is 9.18 Å². The van der Waals surface area contributed by atoms with Crippen LogP contribution < -0.4 is 0 Å². The standard InChI is InChI=1S/C14H15FO2/c15-13-4-2-1-3-12(13)9-10-5-7-11(8-6-10)14(16)17/h1-4,9,11H,5-8H2,(H,16,17). The van der Waals surface area contributed by atoms with Gasteiger partial charge in [0, 0.05) is 5.56 Å². The molecule has 0 heterocycles. The summed E-state index contributed by atoms with van der Waals surface area (Å²) in [6.07, 6.45) is 4.69. The third kappa shape index (κ3) is 2.93. The number of hydrogen-bond donors (Lipinski definition) is 1. The van der Waals surface area contributed by atoms with E-state index in [1.54, 1.807) is 18.2 Å². The van der Waals surface area contributed by atoms with Gasteiger partial charge in [-0.3, -0.25) is 4.79 Å². The number of aliphatic carboxylic acids is 1. The normalized spacial score (nSPS) is 20.1. The molecule has 1 N–H and O–H groups in total. The van der Waals surface area contributed by atoms with Crippen molar-refractivity contribution in [2.75, 3.05) is 0 Å². The summed E-state index contributed by atoms with van der Waals surface area (Å²) in [5.74, 6) is -1.16. The van der Waals surface area contributed by atoms with E-state index < -0.39 is 5.97 Å². The predicted molar refractivity (Wildman–Crippen MR) is 64.0 cm³/mol. The highest BCUT2D eigenvalue weighted by atomic mass is 19.1. The molecule has 0 unspecified atom stereocenters. The zero-order valence-electron chi connectivity index (χ0n) is 9.53. The van der Waals surface area contributed by atoms with Crippen LogP contribution in [-0.4, -0.2) is 11.1 Å². The fourth-order valence-electron chi connectivity index (χ4n) is 2.19. The molecule has 17 heavy (non-hydrogen) atoms. The van der Waals surface area contributed by atoms with Crippen molar-refractivity contribution in [2.45, 2.75) is 25.7 Å². The van der Waals surface area contributed by atoms with Crippen LogP contribution >= 0.6 is 0 Å². The Hall–Kier alpha value is -1.64. The van der Waals surface area contributed by atoms with Gasteiger partial charge in [0.2, 0.25) is 0 Å². The molecule has 2 nitrogen and oxygen atoms in total. The van der Waals surface area contributed by atoms with E-state index in [4.69, 9.17) is 5.11 Å². The van der Waals surface area contributed by atoms with Crippen molar-refractivity contribution in [1.29, 1.82) is 0 Å². The minimum atomic E-state index is -0.713. The van der Waals surface area contributed by atoms with Gasteiger partial charge in [0.05, 0.1) is 5.92 Å². The lowest BCUT2D eigenvalue weighted by Crippen LogP contribution is -2.17. The van der Waals surface area contributed by atoms with Crippen LogP contribution in [0.5, 0.6) is 0 Å². The molecule has 1 aliphatic carbocycles. The second-order valence-corrected chi connectivity index (χ2v) is 4.44. The van der Waals surface area contributed by atoms with Gasteiger partial charge in [-0.1, -0.05) is 29.8 Å². The van der Waals surface area contributed by atoms with Crippen molar-refractivity contribution < 1.29 is 14.3 Å². The summed E-state index contributed by atoms with van der Waals surface area (Å²) in [5, 5.41) is 8.88. The van der Waals surface area contributed by atoms with E-state index in [0.717, 1.165) is 18.4 Å². The molecular formula is C14H15FO2. The number of benzene rings is 1. The van der Waals surface area contributed by atoms with E-state index in [0.29, 0.717) is 18.4 Å². The van der Waals surface area contributed by atoms with Gasteiger partial charge in [-0.25, -0.2) is 4.39 Å². The summed E-state index contributed by atoms with van der Waals surface area (Å²) < 4.78 is 13.4. The molecule has 1 aliphatic rings. The Labute approximate surface area is 99.8 Å². The molecule has 1 aromatic rings. The van der Waals surface area contributed by atoms with Gasteiger partial charge in [-0.2, -0.15) is 0 Å². The summed E-state index contributed by atoms with van der Waals surface area (Å²) in [5.41, 5.74) is 1.74. The van der Waals surface area contributed by atoms with Gasteiger partial charge in [-0.05, 0) is 31.7 Å². The Balaban J connectivity index is 2.06. The van der Waals surface area contributed by atoms with Crippen molar-refractivity contribution >= 4 is 12.0 Å². The molecule has 0 radical (unpaired) electrons. The lowest BCUT2D eigenvalue weighted by Gasteiger charge is -2.20. The van der Waals surface area contributed by atoms with Crippen LogP contribution in [0.1, 0.15) is 31.2 Å². The third-order valence-electron chi connectivity index (χ3n) is 3.24. The number of carbonyl (C=O) groups is 1. The van der Waals surface area contributed by atoms with Gasteiger partial charge in [0.25, 0.3) is 0 Å². The Bertz CT molecular complexity index is 441. The van der Waals surface area contributed by atoms with Crippen LogP contribution in [0.4, 0.5) is 4.39 Å². The van der Waals surface area contributed by atoms with Crippen molar-refractivity contribution in [2.24, 2.45) is 5.92 Å². The Morgan fingerprint density at radius 1 is 1.29 bits per heavy atom. The summed E-state index contributed by atoms with van der Waals surface area (Å²) in [4.78, 5) is 10.8. The van der Waals surface area contributed by atoms with Crippen LogP contribution in [0, 0.1) is 11.7 Å². The van der Waals surface area contributed by atoms with Crippen LogP contribution in [0.25, 0.3) is 6.08 Å². The Kier molecular flexibility index (Phi) is 3.57. The summed E-state index contributed by atoms with van der Waals surface area (Å²) >= 11 is 0. The fourth-order valence-corrected chi connectivity index (χ4v) is 2.19. The SMILES string of the molecule is O=C(O)C1CCC(=Cc2ccccc2F)CC1. The lowest BCUT2D eigenvalue weighted by atomic mass is 9.85. The van der Waals surface area contributed by atoms with Crippen molar-refractivity contribution in [3.05, 3.63) is 41.2 Å². The first-order chi connectivity index (χ1) is 8.16. The average Bonchev–Trinajstić information content (AvgIpc) is 2.33. The molecule has 1 saturated carbocycles. The molecule has 0 saturated heterocycles. The van der Waals surface area contributed by atoms with Gasteiger partial charge >= 0.3 is 5.97 Å². The molecular weight excluding hydrogens is 219 g/mol. The molecule has 1 aromatic carbocycles. The highest BCUT2D eigenvalue weighted by Gasteiger charge is 2.22. The molecule has 3 heteroatoms. The van der Waals surface area contributed by atoms with E-state index >= 15 is 0 Å². The highest BCUT2D eigenvalue weighted by molar-refractivity contribution is 5.70. The molecule has 0 aliphatic heterocycles. The minimum Gasteiger partial charge on any atom is -0.481 e. The first-order valence-corrected chi connectivity index (χ1v) is 5.83. The number of hydrogen-bond acceptors (Lipinski definition) is 1. The second-order valence-electron chi connectivity index (χ2n) is 4.44. The second kappa shape index (κ2) is 5.13. The molecule has 0 aromatic heterocycles. The van der Waals surface area contributed by atoms with Crippen LogP contribution in [0.2, 0.25) is 0 Å². The number of carboxylic acid groups (broad SMARTS) is 1. The molecule has 0 atom stereocenters. The van der Waals surface area contributed by atoms with E-state index in [1.807, 2.05) is 6.08 Å². The molecule has 0 spiro atoms. The molecule has 0 bridgehead atoms. The smallest absolute Gasteiger partial charge is 0.306 e. The van der Waals surface area contributed by atoms with E-state index in [-0.39, 0.29) is 11.7 Å². The van der Waals surface area contributed by atoms with E-state index in [1.165, 1.54) is 6.07 Å².